The maximum atomic E-state index is 13.0. The fourth-order valence-electron chi connectivity index (χ4n) is 4.36. The van der Waals surface area contributed by atoms with Crippen molar-refractivity contribution < 1.29 is 39.0 Å². The molecule has 4 amide bonds. The molecule has 1 fully saturated rings. The van der Waals surface area contributed by atoms with Gasteiger partial charge in [0.05, 0.1) is 12.3 Å². The van der Waals surface area contributed by atoms with Crippen LogP contribution in [-0.4, -0.2) is 68.6 Å². The Labute approximate surface area is 228 Å². The maximum Gasteiger partial charge on any atom is 0.330 e. The minimum absolute atomic E-state index is 0.113. The number of aliphatic carboxylic acids is 2. The highest BCUT2D eigenvalue weighted by Crippen LogP contribution is 2.26. The van der Waals surface area contributed by atoms with Crippen LogP contribution in [0.5, 0.6) is 0 Å². The summed E-state index contributed by atoms with van der Waals surface area (Å²) >= 11 is 0. The normalized spacial score (nSPS) is 17.0. The highest BCUT2D eigenvalue weighted by molar-refractivity contribution is 6.07. The maximum absolute atomic E-state index is 13.0. The molecule has 3 rings (SSSR count). The molecule has 0 spiro atoms. The Kier molecular flexibility index (Phi) is 9.33. The second-order valence-electron chi connectivity index (χ2n) is 9.34. The molecule has 1 aliphatic rings. The molecule has 1 heterocycles. The van der Waals surface area contributed by atoms with Gasteiger partial charge in [-0.2, -0.15) is 0 Å². The topological polar surface area (TPSA) is 220 Å². The average Bonchev–Trinajstić information content (AvgIpc) is 3.18. The molecule has 4 atom stereocenters. The van der Waals surface area contributed by atoms with Crippen molar-refractivity contribution in [3.63, 3.8) is 0 Å². The Morgan fingerprint density at radius 1 is 1.00 bits per heavy atom. The summed E-state index contributed by atoms with van der Waals surface area (Å²) in [5.74, 6) is -6.92. The fraction of sp³-hybridized carbons (Fsp3) is 0.296. The van der Waals surface area contributed by atoms with E-state index in [4.69, 9.17) is 11.1 Å². The number of nitrogen functional groups attached to an aromatic ring is 1. The monoisotopic (exact) mass is 551 g/mol. The van der Waals surface area contributed by atoms with Gasteiger partial charge in [0.25, 0.3) is 0 Å². The minimum Gasteiger partial charge on any atom is -0.481 e. The summed E-state index contributed by atoms with van der Waals surface area (Å²) in [5, 5.41) is 30.8. The number of nitrogens with one attached hydrogen (secondary N) is 3. The van der Waals surface area contributed by atoms with Crippen LogP contribution in [0.3, 0.4) is 0 Å². The molecule has 13 heteroatoms. The zero-order chi connectivity index (χ0) is 29.6. The van der Waals surface area contributed by atoms with Crippen LogP contribution in [0.25, 0.3) is 0 Å². The van der Waals surface area contributed by atoms with Crippen molar-refractivity contribution in [2.45, 2.75) is 44.3 Å². The van der Waals surface area contributed by atoms with E-state index >= 15 is 0 Å². The van der Waals surface area contributed by atoms with Gasteiger partial charge in [-0.1, -0.05) is 54.6 Å². The number of hydrogen-bond acceptors (Lipinski definition) is 7. The lowest BCUT2D eigenvalue weighted by atomic mass is 9.97. The van der Waals surface area contributed by atoms with Gasteiger partial charge in [-0.05, 0) is 24.5 Å². The average molecular weight is 552 g/mol. The van der Waals surface area contributed by atoms with E-state index in [1.54, 1.807) is 42.5 Å². The Morgan fingerprint density at radius 3 is 2.17 bits per heavy atom. The van der Waals surface area contributed by atoms with Gasteiger partial charge < -0.3 is 26.6 Å². The number of carbonyl (C=O) groups is 6. The summed E-state index contributed by atoms with van der Waals surface area (Å²) < 4.78 is 0. The number of carboxylic acid groups (broad SMARTS) is 2. The molecule has 7 N–H and O–H groups in total. The first kappa shape index (κ1) is 29.5. The molecule has 2 unspecified atom stereocenters. The third kappa shape index (κ3) is 7.07. The third-order valence-electron chi connectivity index (χ3n) is 6.47. The van der Waals surface area contributed by atoms with Gasteiger partial charge in [0.15, 0.2) is 6.04 Å². The zero-order valence-electron chi connectivity index (χ0n) is 21.5. The predicted octanol–water partition coefficient (Wildman–Crippen LogP) is 0.178. The number of benzene rings is 2. The quantitative estimate of drug-likeness (QED) is 0.120. The summed E-state index contributed by atoms with van der Waals surface area (Å²) in [5.41, 5.74) is 6.90. The largest absolute Gasteiger partial charge is 0.481 e. The van der Waals surface area contributed by atoms with Crippen LogP contribution in [0.2, 0.25) is 0 Å². The van der Waals surface area contributed by atoms with Gasteiger partial charge in [-0.15, -0.1) is 0 Å². The van der Waals surface area contributed by atoms with E-state index in [0.717, 1.165) is 10.5 Å². The number of rotatable bonds is 12. The molecule has 0 saturated carbocycles. The second-order valence-corrected chi connectivity index (χ2v) is 9.34. The highest BCUT2D eigenvalue weighted by atomic mass is 16.4. The molecule has 40 heavy (non-hydrogen) atoms. The van der Waals surface area contributed by atoms with Crippen LogP contribution >= 0.6 is 0 Å². The number of likely N-dealkylation sites (tertiary alicyclic amines) is 1. The number of carboxylic acids is 2. The van der Waals surface area contributed by atoms with E-state index in [1.165, 1.54) is 19.1 Å². The first-order valence-corrected chi connectivity index (χ1v) is 12.3. The minimum atomic E-state index is -1.68. The molecule has 210 valence electrons. The first-order valence-electron chi connectivity index (χ1n) is 12.3. The molecule has 13 nitrogen and oxygen atoms in total. The lowest BCUT2D eigenvalue weighted by molar-refractivity contribution is -0.148. The molecule has 0 aliphatic carbocycles. The molecule has 0 radical (unpaired) electrons. The van der Waals surface area contributed by atoms with Crippen molar-refractivity contribution in [3.05, 3.63) is 71.3 Å². The van der Waals surface area contributed by atoms with Crippen LogP contribution < -0.4 is 16.4 Å². The molecule has 1 aliphatic heterocycles. The number of nitrogens with two attached hydrogens (primary N) is 1. The molecule has 0 bridgehead atoms. The van der Waals surface area contributed by atoms with Crippen LogP contribution in [0, 0.1) is 11.3 Å². The van der Waals surface area contributed by atoms with Crippen LogP contribution in [0.4, 0.5) is 0 Å². The predicted molar refractivity (Wildman–Crippen MR) is 140 cm³/mol. The number of carbonyl (C=O) groups excluding carboxylic acids is 4. The molecule has 1 saturated heterocycles. The third-order valence-corrected chi connectivity index (χ3v) is 6.47. The summed E-state index contributed by atoms with van der Waals surface area (Å²) in [6.45, 7) is 1.27. The molecule has 2 aromatic carbocycles. The molecule has 2 aromatic rings. The van der Waals surface area contributed by atoms with E-state index in [1.807, 2.05) is 0 Å². The smallest absolute Gasteiger partial charge is 0.330 e. The van der Waals surface area contributed by atoms with E-state index in [9.17, 15) is 39.0 Å². The van der Waals surface area contributed by atoms with Gasteiger partial charge in [-0.25, -0.2) is 4.79 Å². The van der Waals surface area contributed by atoms with Gasteiger partial charge in [0.1, 0.15) is 17.9 Å². The Hall–Kier alpha value is -5.07. The summed E-state index contributed by atoms with van der Waals surface area (Å²) in [4.78, 5) is 75.5. The number of amidine groups is 1. The summed E-state index contributed by atoms with van der Waals surface area (Å²) in [7, 11) is 0. The highest BCUT2D eigenvalue weighted by Gasteiger charge is 2.43. The fourth-order valence-corrected chi connectivity index (χ4v) is 4.36. The van der Waals surface area contributed by atoms with Gasteiger partial charge >= 0.3 is 11.9 Å². The van der Waals surface area contributed by atoms with Gasteiger partial charge in [-0.3, -0.25) is 34.3 Å². The van der Waals surface area contributed by atoms with Crippen molar-refractivity contribution in [1.82, 2.24) is 15.5 Å². The van der Waals surface area contributed by atoms with Crippen molar-refractivity contribution in [2.24, 2.45) is 11.7 Å². The van der Waals surface area contributed by atoms with E-state index in [0.29, 0.717) is 5.56 Å². The second kappa shape index (κ2) is 12.7. The van der Waals surface area contributed by atoms with Gasteiger partial charge in [0.2, 0.25) is 23.6 Å². The van der Waals surface area contributed by atoms with Crippen molar-refractivity contribution in [3.8, 4) is 0 Å². The Morgan fingerprint density at radius 2 is 1.62 bits per heavy atom. The van der Waals surface area contributed by atoms with Gasteiger partial charge in [0, 0.05) is 12.0 Å². The zero-order valence-corrected chi connectivity index (χ0v) is 21.5. The Bertz CT molecular complexity index is 1330. The molecule has 0 aromatic heterocycles. The van der Waals surface area contributed by atoms with E-state index < -0.39 is 66.0 Å². The lowest BCUT2D eigenvalue weighted by Crippen LogP contribution is -2.55. The summed E-state index contributed by atoms with van der Waals surface area (Å²) in [6.07, 6.45) is -0.818. The van der Waals surface area contributed by atoms with Crippen molar-refractivity contribution in [1.29, 1.82) is 5.41 Å². The summed E-state index contributed by atoms with van der Waals surface area (Å²) in [6, 6.07) is 9.75. The van der Waals surface area contributed by atoms with E-state index in [-0.39, 0.29) is 24.2 Å². The van der Waals surface area contributed by atoms with Crippen LogP contribution in [0.15, 0.2) is 54.6 Å². The van der Waals surface area contributed by atoms with Crippen LogP contribution in [0.1, 0.15) is 42.5 Å². The Balaban J connectivity index is 1.70. The number of imide groups is 1. The number of hydrogen-bond donors (Lipinski definition) is 6. The standard InChI is InChI=1S/C27H29N5O8/c1-14(32-20(33)12-18(26(32)38)11-15-7-9-17(10-8-15)23(28)29)24(36)30-19(13-21(34)35)25(37)31-22(27(39)40)16-5-3-2-4-6-16/h2-10,14,18-19,22H,11-13H2,1H3,(H3,28,29)(H,30,36)(H,31,37)(H,34,35)(H,39,40)/t14?,18?,19-,22-/m0/s1. The molecular weight excluding hydrogens is 522 g/mol. The SMILES string of the molecule is CC(C(=O)N[C@@H](CC(=O)O)C(=O)N[C@H](C(=O)O)c1ccccc1)N1C(=O)CC(Cc2ccc(C(=N)N)cc2)C1=O. The van der Waals surface area contributed by atoms with E-state index in [2.05, 4.69) is 10.6 Å². The number of nitrogens with zero attached hydrogens (tertiary/aromatic N) is 1. The number of amides is 4. The van der Waals surface area contributed by atoms with Crippen molar-refractivity contribution >= 4 is 41.4 Å². The lowest BCUT2D eigenvalue weighted by Gasteiger charge is -2.25. The first-order chi connectivity index (χ1) is 18.9. The van der Waals surface area contributed by atoms with Crippen LogP contribution in [-0.2, 0) is 35.2 Å². The van der Waals surface area contributed by atoms with Crippen molar-refractivity contribution in [2.75, 3.05) is 0 Å². The molecular formula is C27H29N5O8.